The molecule has 2 N–H and O–H groups in total. The molecule has 0 unspecified atom stereocenters. The zero-order chi connectivity index (χ0) is 15.7. The minimum Gasteiger partial charge on any atom is -0.377 e. The third-order valence-electron chi connectivity index (χ3n) is 5.98. The van der Waals surface area contributed by atoms with Gasteiger partial charge in [0.15, 0.2) is 0 Å². The maximum atomic E-state index is 12.2. The Kier molecular flexibility index (Phi) is 4.78. The molecule has 1 heterocycles. The smallest absolute Gasteiger partial charge is 0.315 e. The summed E-state index contributed by atoms with van der Waals surface area (Å²) in [5.41, 5.74) is 0.205. The summed E-state index contributed by atoms with van der Waals surface area (Å²) in [6.07, 6.45) is 8.80. The minimum absolute atomic E-state index is 0.0734. The number of carbonyl (C=O) groups is 1. The van der Waals surface area contributed by atoms with Crippen molar-refractivity contribution in [3.05, 3.63) is 0 Å². The lowest BCUT2D eigenvalue weighted by Crippen LogP contribution is -2.69. The average Bonchev–Trinajstić information content (AvgIpc) is 3.12. The Morgan fingerprint density at radius 1 is 1.41 bits per heavy atom. The number of urea groups is 1. The van der Waals surface area contributed by atoms with Crippen molar-refractivity contribution in [3.8, 4) is 0 Å². The van der Waals surface area contributed by atoms with E-state index in [0.717, 1.165) is 19.4 Å². The van der Waals surface area contributed by atoms with Gasteiger partial charge in [-0.2, -0.15) is 0 Å². The van der Waals surface area contributed by atoms with Crippen LogP contribution in [0.15, 0.2) is 0 Å². The number of hydrogen-bond acceptors (Lipinski definition) is 3. The highest BCUT2D eigenvalue weighted by Crippen LogP contribution is 2.60. The summed E-state index contributed by atoms with van der Waals surface area (Å²) < 4.78 is 17.3. The molecule has 0 radical (unpaired) electrons. The molecule has 5 nitrogen and oxygen atoms in total. The van der Waals surface area contributed by atoms with E-state index in [1.807, 2.05) is 6.92 Å². The fourth-order valence-corrected chi connectivity index (χ4v) is 5.10. The van der Waals surface area contributed by atoms with Crippen LogP contribution in [0.25, 0.3) is 0 Å². The molecule has 22 heavy (non-hydrogen) atoms. The van der Waals surface area contributed by atoms with Crippen LogP contribution >= 0.6 is 0 Å². The Hall–Kier alpha value is -0.620. The molecular formula is C16H28N2O3S. The summed E-state index contributed by atoms with van der Waals surface area (Å²) in [6, 6.07) is 0.205. The second-order valence-electron chi connectivity index (χ2n) is 7.16. The Bertz CT molecular complexity index is 451. The van der Waals surface area contributed by atoms with Crippen molar-refractivity contribution >= 4 is 16.8 Å². The van der Waals surface area contributed by atoms with Crippen molar-refractivity contribution in [2.45, 2.75) is 62.8 Å². The van der Waals surface area contributed by atoms with Crippen LogP contribution < -0.4 is 10.6 Å². The number of hydrogen-bond donors (Lipinski definition) is 2. The van der Waals surface area contributed by atoms with E-state index in [0.29, 0.717) is 18.6 Å². The van der Waals surface area contributed by atoms with Gasteiger partial charge in [0.25, 0.3) is 0 Å². The fourth-order valence-electron chi connectivity index (χ4n) is 4.65. The third-order valence-corrected chi connectivity index (χ3v) is 7.34. The van der Waals surface area contributed by atoms with Crippen molar-refractivity contribution < 1.29 is 13.7 Å². The molecule has 2 aliphatic carbocycles. The summed E-state index contributed by atoms with van der Waals surface area (Å²) >= 11 is 0. The van der Waals surface area contributed by atoms with Gasteiger partial charge in [-0.3, -0.25) is 4.21 Å². The molecule has 2 saturated carbocycles. The zero-order valence-electron chi connectivity index (χ0n) is 13.6. The lowest BCUT2D eigenvalue weighted by Gasteiger charge is -2.56. The van der Waals surface area contributed by atoms with E-state index in [9.17, 15) is 9.00 Å². The molecule has 0 aromatic carbocycles. The Balaban J connectivity index is 1.49. The van der Waals surface area contributed by atoms with Gasteiger partial charge in [0.1, 0.15) is 0 Å². The number of amides is 2. The number of fused-ring (bicyclic) bond motifs is 2. The van der Waals surface area contributed by atoms with E-state index in [1.165, 1.54) is 25.7 Å². The lowest BCUT2D eigenvalue weighted by molar-refractivity contribution is -0.126. The SMILES string of the molecule is C[C@H](CCNC(=O)N[C@@H]1[C@@H]2CCO[C@@H]2C12CCCC2)[S@](C)=O. The highest BCUT2D eigenvalue weighted by atomic mass is 32.2. The Morgan fingerprint density at radius 3 is 2.82 bits per heavy atom. The van der Waals surface area contributed by atoms with Gasteiger partial charge in [0.05, 0.1) is 6.10 Å². The molecule has 5 atom stereocenters. The molecule has 1 spiro atoms. The summed E-state index contributed by atoms with van der Waals surface area (Å²) in [6.45, 7) is 3.38. The second kappa shape index (κ2) is 6.48. The van der Waals surface area contributed by atoms with Crippen LogP contribution in [0.1, 0.15) is 45.4 Å². The normalized spacial score (nSPS) is 34.7. The van der Waals surface area contributed by atoms with Crippen LogP contribution in [0.4, 0.5) is 4.79 Å². The van der Waals surface area contributed by atoms with Crippen molar-refractivity contribution in [2.24, 2.45) is 11.3 Å². The maximum absolute atomic E-state index is 12.2. The van der Waals surface area contributed by atoms with Crippen LogP contribution in [0, 0.1) is 11.3 Å². The predicted molar refractivity (Wildman–Crippen MR) is 87.2 cm³/mol. The van der Waals surface area contributed by atoms with Gasteiger partial charge in [-0.25, -0.2) is 4.79 Å². The first-order valence-corrected chi connectivity index (χ1v) is 10.1. The molecule has 1 aliphatic heterocycles. The minimum atomic E-state index is -0.825. The van der Waals surface area contributed by atoms with Crippen molar-refractivity contribution in [1.29, 1.82) is 0 Å². The molecule has 126 valence electrons. The van der Waals surface area contributed by atoms with Crippen LogP contribution in [0.2, 0.25) is 0 Å². The number of carbonyl (C=O) groups excluding carboxylic acids is 1. The summed E-state index contributed by atoms with van der Waals surface area (Å²) in [5.74, 6) is 0.505. The van der Waals surface area contributed by atoms with E-state index < -0.39 is 10.8 Å². The van der Waals surface area contributed by atoms with Crippen LogP contribution in [-0.2, 0) is 15.5 Å². The standard InChI is InChI=1S/C16H28N2O3S/c1-11(22(2)20)5-9-17-15(19)18-13-12-6-10-21-14(12)16(13)7-3-4-8-16/h11-14H,3-10H2,1-2H3,(H2,17,18,19)/t11-,12+,13-,14+,22+/m1/s1. The molecule has 0 aromatic heterocycles. The molecule has 0 bridgehead atoms. The molecule has 6 heteroatoms. The lowest BCUT2D eigenvalue weighted by atomic mass is 9.54. The van der Waals surface area contributed by atoms with E-state index in [2.05, 4.69) is 10.6 Å². The van der Waals surface area contributed by atoms with Crippen molar-refractivity contribution in [1.82, 2.24) is 10.6 Å². The quantitative estimate of drug-likeness (QED) is 0.808. The highest BCUT2D eigenvalue weighted by molar-refractivity contribution is 7.84. The largest absolute Gasteiger partial charge is 0.377 e. The number of nitrogens with one attached hydrogen (secondary N) is 2. The van der Waals surface area contributed by atoms with E-state index >= 15 is 0 Å². The van der Waals surface area contributed by atoms with Crippen LogP contribution in [0.3, 0.4) is 0 Å². The molecule has 2 amide bonds. The van der Waals surface area contributed by atoms with E-state index in [-0.39, 0.29) is 22.7 Å². The van der Waals surface area contributed by atoms with Crippen LogP contribution in [0.5, 0.6) is 0 Å². The van der Waals surface area contributed by atoms with Gasteiger partial charge >= 0.3 is 6.03 Å². The third kappa shape index (κ3) is 2.80. The molecule has 3 fully saturated rings. The molecule has 1 saturated heterocycles. The van der Waals surface area contributed by atoms with Gasteiger partial charge in [-0.15, -0.1) is 0 Å². The number of ether oxygens (including phenoxy) is 1. The topological polar surface area (TPSA) is 67.4 Å². The molecule has 3 rings (SSSR count). The van der Waals surface area contributed by atoms with Gasteiger partial charge in [-0.1, -0.05) is 19.8 Å². The summed E-state index contributed by atoms with van der Waals surface area (Å²) in [7, 11) is -0.825. The second-order valence-corrected chi connectivity index (χ2v) is 8.96. The molecule has 3 aliphatic rings. The Labute approximate surface area is 135 Å². The Morgan fingerprint density at radius 2 is 2.14 bits per heavy atom. The van der Waals surface area contributed by atoms with Crippen molar-refractivity contribution in [2.75, 3.05) is 19.4 Å². The average molecular weight is 328 g/mol. The first-order chi connectivity index (χ1) is 10.5. The molecule has 0 aromatic rings. The van der Waals surface area contributed by atoms with E-state index in [1.54, 1.807) is 6.26 Å². The summed E-state index contributed by atoms with van der Waals surface area (Å²) in [4.78, 5) is 12.2. The van der Waals surface area contributed by atoms with Crippen LogP contribution in [-0.4, -0.2) is 47.0 Å². The summed E-state index contributed by atoms with van der Waals surface area (Å²) in [5, 5.41) is 6.27. The van der Waals surface area contributed by atoms with Gasteiger partial charge in [0, 0.05) is 52.8 Å². The molecular weight excluding hydrogens is 300 g/mol. The monoisotopic (exact) mass is 328 g/mol. The maximum Gasteiger partial charge on any atom is 0.315 e. The first kappa shape index (κ1) is 16.2. The van der Waals surface area contributed by atoms with Gasteiger partial charge in [0.2, 0.25) is 0 Å². The zero-order valence-corrected chi connectivity index (χ0v) is 14.4. The van der Waals surface area contributed by atoms with Gasteiger partial charge in [-0.05, 0) is 25.7 Å². The fraction of sp³-hybridized carbons (Fsp3) is 0.938. The van der Waals surface area contributed by atoms with Gasteiger partial charge < -0.3 is 15.4 Å². The number of rotatable bonds is 5. The van der Waals surface area contributed by atoms with Crippen molar-refractivity contribution in [3.63, 3.8) is 0 Å². The highest BCUT2D eigenvalue weighted by Gasteiger charge is 2.65. The first-order valence-electron chi connectivity index (χ1n) is 8.53. The van der Waals surface area contributed by atoms with E-state index in [4.69, 9.17) is 4.74 Å². The predicted octanol–water partition coefficient (Wildman–Crippen LogP) is 1.79.